The van der Waals surface area contributed by atoms with Crippen LogP contribution in [0.15, 0.2) is 0 Å². The Bertz CT molecular complexity index is 365. The van der Waals surface area contributed by atoms with E-state index < -0.39 is 0 Å². The molecular weight excluding hydrogens is 278 g/mol. The first-order chi connectivity index (χ1) is 10.4. The lowest BCUT2D eigenvalue weighted by Crippen LogP contribution is -2.57. The molecule has 128 valence electrons. The minimum atomic E-state index is -0.0551. The van der Waals surface area contributed by atoms with Crippen molar-refractivity contribution in [2.24, 2.45) is 5.92 Å². The fraction of sp³-hybridized carbons (Fsp3) is 0.941. The summed E-state index contributed by atoms with van der Waals surface area (Å²) in [5.74, 6) is 0.482. The van der Waals surface area contributed by atoms with Crippen LogP contribution in [0.3, 0.4) is 0 Å². The van der Waals surface area contributed by atoms with Crippen molar-refractivity contribution in [1.82, 2.24) is 15.1 Å². The second kappa shape index (κ2) is 7.75. The zero-order valence-corrected chi connectivity index (χ0v) is 14.8. The first kappa shape index (κ1) is 17.7. The van der Waals surface area contributed by atoms with E-state index in [2.05, 4.69) is 49.9 Å². The lowest BCUT2D eigenvalue weighted by molar-refractivity contribution is -0.135. The van der Waals surface area contributed by atoms with E-state index in [0.717, 1.165) is 26.2 Å². The van der Waals surface area contributed by atoms with Crippen molar-refractivity contribution in [3.05, 3.63) is 0 Å². The number of carbonyl (C=O) groups is 1. The number of amides is 1. The van der Waals surface area contributed by atoms with Crippen LogP contribution in [0.2, 0.25) is 0 Å². The van der Waals surface area contributed by atoms with Crippen LogP contribution in [0.1, 0.15) is 40.5 Å². The number of likely N-dealkylation sites (N-methyl/N-ethyl adjacent to an activating group) is 1. The molecule has 0 aromatic carbocycles. The number of ether oxygens (including phenoxy) is 1. The van der Waals surface area contributed by atoms with Crippen molar-refractivity contribution in [2.75, 3.05) is 33.2 Å². The topological polar surface area (TPSA) is 44.8 Å². The van der Waals surface area contributed by atoms with Gasteiger partial charge in [-0.1, -0.05) is 13.8 Å². The molecule has 0 aliphatic carbocycles. The smallest absolute Gasteiger partial charge is 0.237 e. The van der Waals surface area contributed by atoms with Gasteiger partial charge >= 0.3 is 0 Å². The highest BCUT2D eigenvalue weighted by atomic mass is 16.5. The van der Waals surface area contributed by atoms with E-state index in [9.17, 15) is 4.79 Å². The van der Waals surface area contributed by atoms with Gasteiger partial charge < -0.3 is 15.0 Å². The van der Waals surface area contributed by atoms with E-state index in [-0.39, 0.29) is 24.2 Å². The van der Waals surface area contributed by atoms with Crippen LogP contribution in [0.5, 0.6) is 0 Å². The number of nitrogens with one attached hydrogen (secondary N) is 1. The highest BCUT2D eigenvalue weighted by molar-refractivity contribution is 5.82. The van der Waals surface area contributed by atoms with Gasteiger partial charge in [-0.2, -0.15) is 0 Å². The van der Waals surface area contributed by atoms with Crippen molar-refractivity contribution < 1.29 is 9.53 Å². The fourth-order valence-corrected chi connectivity index (χ4v) is 3.90. The summed E-state index contributed by atoms with van der Waals surface area (Å²) in [6.07, 6.45) is 2.82. The molecule has 2 saturated heterocycles. The molecule has 1 amide bonds. The van der Waals surface area contributed by atoms with Crippen LogP contribution < -0.4 is 5.32 Å². The molecule has 0 bridgehead atoms. The standard InChI is InChI=1S/C17H33N3O2/c1-12(2)16(20-10-13(3)22-14(4)11-20)17(21)18-9-15-7-6-8-19(15)5/h12-16H,6-11H2,1-5H3,(H,18,21). The van der Waals surface area contributed by atoms with Gasteiger partial charge in [0.25, 0.3) is 0 Å². The summed E-state index contributed by atoms with van der Waals surface area (Å²) in [5.41, 5.74) is 0. The first-order valence-corrected chi connectivity index (χ1v) is 8.76. The summed E-state index contributed by atoms with van der Waals surface area (Å²) >= 11 is 0. The average Bonchev–Trinajstić information content (AvgIpc) is 2.80. The molecule has 2 rings (SSSR count). The minimum Gasteiger partial charge on any atom is -0.373 e. The summed E-state index contributed by atoms with van der Waals surface area (Å²) in [6.45, 7) is 12.0. The van der Waals surface area contributed by atoms with Gasteiger partial charge in [0.1, 0.15) is 0 Å². The zero-order chi connectivity index (χ0) is 16.3. The molecule has 5 nitrogen and oxygen atoms in total. The normalized spacial score (nSPS) is 32.4. The third kappa shape index (κ3) is 4.43. The van der Waals surface area contributed by atoms with Gasteiger partial charge in [0.05, 0.1) is 18.2 Å². The molecule has 5 heteroatoms. The molecule has 1 N–H and O–H groups in total. The maximum absolute atomic E-state index is 12.7. The molecule has 0 aromatic rings. The Hall–Kier alpha value is -0.650. The van der Waals surface area contributed by atoms with Gasteiger partial charge in [0.15, 0.2) is 0 Å². The van der Waals surface area contributed by atoms with Crippen LogP contribution >= 0.6 is 0 Å². The third-order valence-electron chi connectivity index (χ3n) is 4.92. The summed E-state index contributed by atoms with van der Waals surface area (Å²) in [4.78, 5) is 17.4. The van der Waals surface area contributed by atoms with Crippen molar-refractivity contribution in [1.29, 1.82) is 0 Å². The zero-order valence-electron chi connectivity index (χ0n) is 14.8. The summed E-state index contributed by atoms with van der Waals surface area (Å²) in [5, 5.41) is 3.20. The van der Waals surface area contributed by atoms with E-state index in [1.807, 2.05) is 0 Å². The van der Waals surface area contributed by atoms with Crippen LogP contribution in [0.25, 0.3) is 0 Å². The molecule has 4 atom stereocenters. The third-order valence-corrected chi connectivity index (χ3v) is 4.92. The summed E-state index contributed by atoms with van der Waals surface area (Å²) in [7, 11) is 2.15. The predicted octanol–water partition coefficient (Wildman–Crippen LogP) is 1.33. The van der Waals surface area contributed by atoms with Crippen molar-refractivity contribution in [3.8, 4) is 0 Å². The van der Waals surface area contributed by atoms with E-state index >= 15 is 0 Å². The molecule has 0 saturated carbocycles. The van der Waals surface area contributed by atoms with Gasteiger partial charge in [-0.05, 0) is 46.2 Å². The molecule has 2 heterocycles. The number of likely N-dealkylation sites (tertiary alicyclic amines) is 1. The second-order valence-electron chi connectivity index (χ2n) is 7.42. The van der Waals surface area contributed by atoms with E-state index in [1.165, 1.54) is 12.8 Å². The Morgan fingerprint density at radius 3 is 2.41 bits per heavy atom. The fourth-order valence-electron chi connectivity index (χ4n) is 3.90. The first-order valence-electron chi connectivity index (χ1n) is 8.76. The van der Waals surface area contributed by atoms with Gasteiger partial charge in [0, 0.05) is 25.7 Å². The quantitative estimate of drug-likeness (QED) is 0.832. The second-order valence-corrected chi connectivity index (χ2v) is 7.42. The lowest BCUT2D eigenvalue weighted by atomic mass is 9.99. The summed E-state index contributed by atoms with van der Waals surface area (Å²) in [6, 6.07) is 0.444. The van der Waals surface area contributed by atoms with E-state index in [0.29, 0.717) is 12.0 Å². The Morgan fingerprint density at radius 2 is 1.91 bits per heavy atom. The lowest BCUT2D eigenvalue weighted by Gasteiger charge is -2.41. The Balaban J connectivity index is 1.93. The molecule has 2 fully saturated rings. The maximum atomic E-state index is 12.7. The van der Waals surface area contributed by atoms with Crippen molar-refractivity contribution in [3.63, 3.8) is 0 Å². The van der Waals surface area contributed by atoms with E-state index in [4.69, 9.17) is 4.74 Å². The Kier molecular flexibility index (Phi) is 6.24. The summed E-state index contributed by atoms with van der Waals surface area (Å²) < 4.78 is 5.80. The minimum absolute atomic E-state index is 0.0551. The van der Waals surface area contributed by atoms with Crippen LogP contribution in [-0.2, 0) is 9.53 Å². The average molecular weight is 311 g/mol. The van der Waals surface area contributed by atoms with Crippen LogP contribution in [0, 0.1) is 5.92 Å². The number of hydrogen-bond donors (Lipinski definition) is 1. The van der Waals surface area contributed by atoms with Gasteiger partial charge in [-0.3, -0.25) is 9.69 Å². The predicted molar refractivity (Wildman–Crippen MR) is 88.9 cm³/mol. The Morgan fingerprint density at radius 1 is 1.27 bits per heavy atom. The highest BCUT2D eigenvalue weighted by Crippen LogP contribution is 2.19. The van der Waals surface area contributed by atoms with Gasteiger partial charge in [-0.25, -0.2) is 0 Å². The molecule has 4 unspecified atom stereocenters. The molecule has 0 aromatic heterocycles. The molecule has 2 aliphatic rings. The number of hydrogen-bond acceptors (Lipinski definition) is 4. The highest BCUT2D eigenvalue weighted by Gasteiger charge is 2.34. The maximum Gasteiger partial charge on any atom is 0.237 e. The number of nitrogens with zero attached hydrogens (tertiary/aromatic N) is 2. The monoisotopic (exact) mass is 311 g/mol. The van der Waals surface area contributed by atoms with Crippen LogP contribution in [-0.4, -0.2) is 73.2 Å². The Labute approximate surface area is 135 Å². The van der Waals surface area contributed by atoms with Crippen molar-refractivity contribution >= 4 is 5.91 Å². The molecule has 22 heavy (non-hydrogen) atoms. The molecule has 0 spiro atoms. The van der Waals surface area contributed by atoms with Crippen LogP contribution in [0.4, 0.5) is 0 Å². The molecule has 0 radical (unpaired) electrons. The molecular formula is C17H33N3O2. The SMILES string of the molecule is CC1CN(C(C(=O)NCC2CCCN2C)C(C)C)CC(C)O1. The molecule has 2 aliphatic heterocycles. The van der Waals surface area contributed by atoms with Gasteiger partial charge in [0.2, 0.25) is 5.91 Å². The number of rotatable bonds is 5. The number of morpholine rings is 1. The largest absolute Gasteiger partial charge is 0.373 e. The van der Waals surface area contributed by atoms with Gasteiger partial charge in [-0.15, -0.1) is 0 Å². The number of carbonyl (C=O) groups excluding carboxylic acids is 1. The van der Waals surface area contributed by atoms with E-state index in [1.54, 1.807) is 0 Å². The van der Waals surface area contributed by atoms with Crippen molar-refractivity contribution in [2.45, 2.75) is 64.8 Å².